The molecule has 0 radical (unpaired) electrons. The summed E-state index contributed by atoms with van der Waals surface area (Å²) in [5.74, 6) is 0.404. The first-order valence-electron chi connectivity index (χ1n) is 5.07. The summed E-state index contributed by atoms with van der Waals surface area (Å²) in [7, 11) is 1.57. The fourth-order valence-corrected chi connectivity index (χ4v) is 1.65. The van der Waals surface area contributed by atoms with E-state index in [9.17, 15) is 4.79 Å². The van der Waals surface area contributed by atoms with Crippen LogP contribution in [-0.2, 0) is 4.74 Å². The first-order chi connectivity index (χ1) is 8.24. The van der Waals surface area contributed by atoms with Crippen LogP contribution in [0.15, 0.2) is 28.7 Å². The van der Waals surface area contributed by atoms with E-state index in [0.29, 0.717) is 24.5 Å². The monoisotopic (exact) mass is 254 g/mol. The van der Waals surface area contributed by atoms with Crippen LogP contribution in [-0.4, -0.2) is 25.6 Å². The Balaban J connectivity index is 2.41. The second-order valence-corrected chi connectivity index (χ2v) is 3.71. The summed E-state index contributed by atoms with van der Waals surface area (Å²) < 4.78 is 15.7. The Hall–Kier alpha value is -1.52. The summed E-state index contributed by atoms with van der Waals surface area (Å²) in [5, 5.41) is 0.0567. The van der Waals surface area contributed by atoms with Crippen LogP contribution in [0.3, 0.4) is 0 Å². The van der Waals surface area contributed by atoms with Crippen molar-refractivity contribution in [2.75, 3.05) is 20.3 Å². The van der Waals surface area contributed by atoms with Crippen molar-refractivity contribution in [2.45, 2.75) is 0 Å². The molecule has 0 aliphatic carbocycles. The molecule has 90 valence electrons. The van der Waals surface area contributed by atoms with Crippen molar-refractivity contribution in [3.8, 4) is 5.75 Å². The predicted octanol–water partition coefficient (Wildman–Crippen LogP) is 2.84. The number of halogens is 1. The fraction of sp³-hybridized carbons (Fsp3) is 0.250. The lowest BCUT2D eigenvalue weighted by Crippen LogP contribution is -2.05. The van der Waals surface area contributed by atoms with Gasteiger partial charge >= 0.3 is 0 Å². The van der Waals surface area contributed by atoms with Gasteiger partial charge in [-0.05, 0) is 23.7 Å². The summed E-state index contributed by atoms with van der Waals surface area (Å²) in [6.07, 6.45) is 0. The molecule has 1 aromatic carbocycles. The molecule has 0 N–H and O–H groups in total. The van der Waals surface area contributed by atoms with Gasteiger partial charge in [-0.1, -0.05) is 12.1 Å². The highest BCUT2D eigenvalue weighted by Crippen LogP contribution is 2.33. The Labute approximate surface area is 103 Å². The van der Waals surface area contributed by atoms with Gasteiger partial charge in [0.25, 0.3) is 5.24 Å². The first kappa shape index (κ1) is 12.0. The molecule has 0 saturated heterocycles. The van der Waals surface area contributed by atoms with E-state index in [0.717, 1.165) is 5.39 Å². The molecule has 0 saturated carbocycles. The zero-order chi connectivity index (χ0) is 12.3. The van der Waals surface area contributed by atoms with Crippen LogP contribution >= 0.6 is 11.6 Å². The number of rotatable bonds is 5. The van der Waals surface area contributed by atoms with E-state index in [2.05, 4.69) is 0 Å². The number of hydrogen-bond acceptors (Lipinski definition) is 4. The number of ether oxygens (including phenoxy) is 2. The molecule has 5 heteroatoms. The Morgan fingerprint density at radius 3 is 2.82 bits per heavy atom. The number of hydrogen-bond donors (Lipinski definition) is 0. The number of furan rings is 1. The van der Waals surface area contributed by atoms with Gasteiger partial charge < -0.3 is 13.9 Å². The van der Waals surface area contributed by atoms with Crippen molar-refractivity contribution in [2.24, 2.45) is 0 Å². The average molecular weight is 255 g/mol. The molecule has 0 atom stereocenters. The van der Waals surface area contributed by atoms with Crippen molar-refractivity contribution in [3.63, 3.8) is 0 Å². The van der Waals surface area contributed by atoms with E-state index in [1.54, 1.807) is 13.2 Å². The molecule has 2 aromatic rings. The van der Waals surface area contributed by atoms with Crippen LogP contribution in [0.2, 0.25) is 0 Å². The second kappa shape index (κ2) is 5.21. The Morgan fingerprint density at radius 2 is 2.12 bits per heavy atom. The predicted molar refractivity (Wildman–Crippen MR) is 63.8 cm³/mol. The third kappa shape index (κ3) is 2.43. The Kier molecular flexibility index (Phi) is 3.66. The van der Waals surface area contributed by atoms with Crippen molar-refractivity contribution in [1.82, 2.24) is 0 Å². The van der Waals surface area contributed by atoms with Gasteiger partial charge in [0.2, 0.25) is 5.76 Å². The number of benzene rings is 1. The van der Waals surface area contributed by atoms with Crippen LogP contribution < -0.4 is 4.74 Å². The van der Waals surface area contributed by atoms with Crippen molar-refractivity contribution >= 4 is 27.8 Å². The smallest absolute Gasteiger partial charge is 0.291 e. The van der Waals surface area contributed by atoms with Gasteiger partial charge in [-0.2, -0.15) is 0 Å². The third-order valence-corrected chi connectivity index (χ3v) is 2.43. The molecular weight excluding hydrogens is 244 g/mol. The zero-order valence-corrected chi connectivity index (χ0v) is 9.99. The molecule has 0 fully saturated rings. The topological polar surface area (TPSA) is 48.7 Å². The lowest BCUT2D eigenvalue weighted by atomic mass is 10.2. The van der Waals surface area contributed by atoms with E-state index >= 15 is 0 Å². The number of fused-ring (bicyclic) bond motifs is 1. The number of carbonyl (C=O) groups is 1. The van der Waals surface area contributed by atoms with Gasteiger partial charge in [-0.15, -0.1) is 0 Å². The summed E-state index contributed by atoms with van der Waals surface area (Å²) in [6, 6.07) is 7.21. The molecule has 0 aliphatic rings. The van der Waals surface area contributed by atoms with E-state index in [-0.39, 0.29) is 5.76 Å². The van der Waals surface area contributed by atoms with E-state index in [4.69, 9.17) is 25.5 Å². The van der Waals surface area contributed by atoms with Crippen LogP contribution in [0.1, 0.15) is 10.6 Å². The number of para-hydroxylation sites is 1. The van der Waals surface area contributed by atoms with Gasteiger partial charge in [0, 0.05) is 7.11 Å². The normalized spacial score (nSPS) is 10.7. The Morgan fingerprint density at radius 1 is 1.35 bits per heavy atom. The van der Waals surface area contributed by atoms with Gasteiger partial charge in [-0.3, -0.25) is 4.79 Å². The van der Waals surface area contributed by atoms with E-state index in [1.165, 1.54) is 0 Å². The van der Waals surface area contributed by atoms with Crippen molar-refractivity contribution in [3.05, 3.63) is 30.0 Å². The fourth-order valence-electron chi connectivity index (χ4n) is 1.52. The maximum atomic E-state index is 11.2. The summed E-state index contributed by atoms with van der Waals surface area (Å²) in [5.41, 5.74) is 0.573. The molecule has 17 heavy (non-hydrogen) atoms. The lowest BCUT2D eigenvalue weighted by molar-refractivity contribution is 0.104. The summed E-state index contributed by atoms with van der Waals surface area (Å²) >= 11 is 5.45. The summed E-state index contributed by atoms with van der Waals surface area (Å²) in [4.78, 5) is 11.2. The highest BCUT2D eigenvalue weighted by Gasteiger charge is 2.20. The van der Waals surface area contributed by atoms with Gasteiger partial charge in [-0.25, -0.2) is 0 Å². The van der Waals surface area contributed by atoms with Crippen molar-refractivity contribution < 1.29 is 18.7 Å². The minimum absolute atomic E-state index is 0.0315. The molecule has 4 nitrogen and oxygen atoms in total. The molecule has 0 bridgehead atoms. The standard InChI is InChI=1S/C12H11ClO4/c1-15-6-7-16-10-8-4-2-3-5-9(8)17-11(10)12(13)14/h2-5H,6-7H2,1H3. The largest absolute Gasteiger partial charge is 0.486 e. The molecule has 1 heterocycles. The third-order valence-electron chi connectivity index (χ3n) is 2.26. The first-order valence-corrected chi connectivity index (χ1v) is 5.45. The number of methoxy groups -OCH3 is 1. The summed E-state index contributed by atoms with van der Waals surface area (Å²) in [6.45, 7) is 0.757. The second-order valence-electron chi connectivity index (χ2n) is 3.37. The molecular formula is C12H11ClO4. The Bertz CT molecular complexity index is 532. The van der Waals surface area contributed by atoms with Crippen LogP contribution in [0.25, 0.3) is 11.0 Å². The van der Waals surface area contributed by atoms with Gasteiger partial charge in [0.05, 0.1) is 12.0 Å². The average Bonchev–Trinajstić information content (AvgIpc) is 2.69. The highest BCUT2D eigenvalue weighted by molar-refractivity contribution is 6.67. The maximum Gasteiger partial charge on any atom is 0.291 e. The van der Waals surface area contributed by atoms with Crippen LogP contribution in [0, 0.1) is 0 Å². The molecule has 0 aliphatic heterocycles. The highest BCUT2D eigenvalue weighted by atomic mass is 35.5. The van der Waals surface area contributed by atoms with E-state index in [1.807, 2.05) is 18.2 Å². The molecule has 1 aromatic heterocycles. The molecule has 0 spiro atoms. The zero-order valence-electron chi connectivity index (χ0n) is 9.23. The molecule has 0 unspecified atom stereocenters. The minimum atomic E-state index is -0.673. The maximum absolute atomic E-state index is 11.2. The molecule has 0 amide bonds. The van der Waals surface area contributed by atoms with Crippen LogP contribution in [0.5, 0.6) is 5.75 Å². The van der Waals surface area contributed by atoms with Crippen LogP contribution in [0.4, 0.5) is 0 Å². The van der Waals surface area contributed by atoms with E-state index < -0.39 is 5.24 Å². The van der Waals surface area contributed by atoms with Crippen molar-refractivity contribution in [1.29, 1.82) is 0 Å². The number of carbonyl (C=O) groups excluding carboxylic acids is 1. The quantitative estimate of drug-likeness (QED) is 0.608. The lowest BCUT2D eigenvalue weighted by Gasteiger charge is -2.03. The van der Waals surface area contributed by atoms with Gasteiger partial charge in [0.15, 0.2) is 5.75 Å². The van der Waals surface area contributed by atoms with Gasteiger partial charge in [0.1, 0.15) is 12.2 Å². The minimum Gasteiger partial charge on any atom is -0.486 e. The molecule has 2 rings (SSSR count). The SMILES string of the molecule is COCCOc1c(C(=O)Cl)oc2ccccc12.